The first-order valence-corrected chi connectivity index (χ1v) is 4.49. The number of nitrogens with zero attached hydrogens (tertiary/aromatic N) is 1. The quantitative estimate of drug-likeness (QED) is 0.343. The van der Waals surface area contributed by atoms with E-state index in [4.69, 9.17) is 9.47 Å². The van der Waals surface area contributed by atoms with E-state index in [0.29, 0.717) is 13.2 Å². The van der Waals surface area contributed by atoms with Crippen LogP contribution in [-0.2, 0) is 9.47 Å². The van der Waals surface area contributed by atoms with E-state index in [1.165, 1.54) is 0 Å². The fraction of sp³-hybridized carbons (Fsp3) is 1.00. The Hall–Kier alpha value is -0.120. The zero-order chi connectivity index (χ0) is 9.61. The van der Waals surface area contributed by atoms with E-state index in [0.717, 1.165) is 11.1 Å². The smallest absolute Gasteiger partial charge is 0.189 e. The van der Waals surface area contributed by atoms with Gasteiger partial charge in [0.2, 0.25) is 0 Å². The first kappa shape index (κ1) is 11.9. The lowest BCUT2D eigenvalue weighted by molar-refractivity contribution is -0.917. The van der Waals surface area contributed by atoms with E-state index >= 15 is 0 Å². The van der Waals surface area contributed by atoms with E-state index in [-0.39, 0.29) is 6.23 Å². The summed E-state index contributed by atoms with van der Waals surface area (Å²) in [6.07, 6.45) is 0.227. The van der Waals surface area contributed by atoms with Gasteiger partial charge < -0.3 is 14.0 Å². The van der Waals surface area contributed by atoms with E-state index < -0.39 is 0 Å². The summed E-state index contributed by atoms with van der Waals surface area (Å²) in [5.41, 5.74) is 0. The number of ether oxygens (including phenoxy) is 2. The summed E-state index contributed by atoms with van der Waals surface area (Å²) in [4.78, 5) is 0. The molecule has 0 bridgehead atoms. The Labute approximate surface area is 75.9 Å². The third-order valence-corrected chi connectivity index (χ3v) is 1.88. The maximum Gasteiger partial charge on any atom is 0.189 e. The maximum absolute atomic E-state index is 5.56. The lowest BCUT2D eigenvalue weighted by Crippen LogP contribution is -2.45. The molecule has 0 saturated heterocycles. The zero-order valence-corrected chi connectivity index (χ0v) is 8.96. The predicted molar refractivity (Wildman–Crippen MR) is 49.9 cm³/mol. The molecule has 0 radical (unpaired) electrons. The summed E-state index contributed by atoms with van der Waals surface area (Å²) >= 11 is 0. The van der Waals surface area contributed by atoms with Crippen LogP contribution in [0.5, 0.6) is 0 Å². The highest BCUT2D eigenvalue weighted by Crippen LogP contribution is 2.02. The van der Waals surface area contributed by atoms with Crippen molar-refractivity contribution in [2.24, 2.45) is 0 Å². The number of rotatable bonds is 6. The molecule has 0 aliphatic rings. The van der Waals surface area contributed by atoms with Crippen LogP contribution in [0.1, 0.15) is 13.8 Å². The van der Waals surface area contributed by atoms with Crippen molar-refractivity contribution in [1.29, 1.82) is 0 Å². The van der Waals surface area contributed by atoms with Crippen LogP contribution in [0, 0.1) is 0 Å². The minimum absolute atomic E-state index is 0.227. The molecule has 0 aromatic carbocycles. The summed E-state index contributed by atoms with van der Waals surface area (Å²) in [5, 5.41) is 0. The largest absolute Gasteiger partial charge is 0.379 e. The predicted octanol–water partition coefficient (Wildman–Crippen LogP) is 1.09. The zero-order valence-electron chi connectivity index (χ0n) is 8.96. The number of hydrogen-bond acceptors (Lipinski definition) is 2. The minimum atomic E-state index is 0.227. The van der Waals surface area contributed by atoms with Gasteiger partial charge in [-0.3, -0.25) is 0 Å². The molecule has 0 heterocycles. The molecule has 0 saturated carbocycles. The third-order valence-electron chi connectivity index (χ3n) is 1.88. The van der Waals surface area contributed by atoms with Gasteiger partial charge in [-0.25, -0.2) is 0 Å². The Morgan fingerprint density at radius 3 is 2.17 bits per heavy atom. The van der Waals surface area contributed by atoms with Crippen LogP contribution in [-0.4, -0.2) is 51.7 Å². The van der Waals surface area contributed by atoms with Gasteiger partial charge in [0.25, 0.3) is 0 Å². The van der Waals surface area contributed by atoms with Gasteiger partial charge in [0.05, 0.1) is 34.4 Å². The molecule has 0 amide bonds. The topological polar surface area (TPSA) is 18.5 Å². The highest BCUT2D eigenvalue weighted by atomic mass is 16.5. The van der Waals surface area contributed by atoms with Gasteiger partial charge in [-0.1, -0.05) is 0 Å². The molecule has 1 atom stereocenters. The van der Waals surface area contributed by atoms with E-state index in [1.54, 1.807) is 0 Å². The molecular weight excluding hydrogens is 154 g/mol. The molecule has 0 fully saturated rings. The summed E-state index contributed by atoms with van der Waals surface area (Å²) in [5.74, 6) is 0. The van der Waals surface area contributed by atoms with Crippen LogP contribution in [0.25, 0.3) is 0 Å². The second-order valence-electron chi connectivity index (χ2n) is 3.78. The molecule has 74 valence electrons. The SMILES string of the molecule is CCOCCOC(C)[N+](C)(C)C. The highest BCUT2D eigenvalue weighted by Gasteiger charge is 2.17. The van der Waals surface area contributed by atoms with Crippen molar-refractivity contribution < 1.29 is 14.0 Å². The normalized spacial score (nSPS) is 14.8. The third kappa shape index (κ3) is 5.52. The van der Waals surface area contributed by atoms with Crippen LogP contribution < -0.4 is 0 Å². The fourth-order valence-corrected chi connectivity index (χ4v) is 0.646. The molecule has 0 rings (SSSR count). The van der Waals surface area contributed by atoms with Crippen molar-refractivity contribution in [3.05, 3.63) is 0 Å². The van der Waals surface area contributed by atoms with Crippen LogP contribution in [0.15, 0.2) is 0 Å². The second kappa shape index (κ2) is 5.51. The van der Waals surface area contributed by atoms with Gasteiger partial charge in [0.1, 0.15) is 0 Å². The van der Waals surface area contributed by atoms with Gasteiger partial charge in [-0.2, -0.15) is 0 Å². The molecule has 0 aromatic heterocycles. The average molecular weight is 176 g/mol. The molecule has 0 spiro atoms. The van der Waals surface area contributed by atoms with Crippen LogP contribution in [0.3, 0.4) is 0 Å². The molecule has 0 aliphatic heterocycles. The molecule has 1 unspecified atom stereocenters. The lowest BCUT2D eigenvalue weighted by atomic mass is 10.5. The van der Waals surface area contributed by atoms with Crippen LogP contribution in [0.4, 0.5) is 0 Å². The number of quaternary nitrogens is 1. The van der Waals surface area contributed by atoms with Gasteiger partial charge in [0, 0.05) is 13.5 Å². The molecular formula is C9H22NO2+. The first-order valence-electron chi connectivity index (χ1n) is 4.49. The summed E-state index contributed by atoms with van der Waals surface area (Å²) in [6.45, 7) is 6.21. The number of hydrogen-bond donors (Lipinski definition) is 0. The van der Waals surface area contributed by atoms with Gasteiger partial charge in [0.15, 0.2) is 6.23 Å². The molecule has 3 nitrogen and oxygen atoms in total. The monoisotopic (exact) mass is 176 g/mol. The molecule has 0 N–H and O–H groups in total. The fourth-order valence-electron chi connectivity index (χ4n) is 0.646. The lowest BCUT2D eigenvalue weighted by Gasteiger charge is -2.30. The van der Waals surface area contributed by atoms with Crippen molar-refractivity contribution in [1.82, 2.24) is 0 Å². The van der Waals surface area contributed by atoms with E-state index in [9.17, 15) is 0 Å². The molecule has 12 heavy (non-hydrogen) atoms. The Kier molecular flexibility index (Phi) is 5.46. The van der Waals surface area contributed by atoms with Crippen molar-refractivity contribution in [3.8, 4) is 0 Å². The van der Waals surface area contributed by atoms with Gasteiger partial charge >= 0.3 is 0 Å². The maximum atomic E-state index is 5.56. The Bertz CT molecular complexity index is 110. The standard InChI is InChI=1S/C9H22NO2/c1-6-11-7-8-12-9(2)10(3,4)5/h9H,6-8H2,1-5H3/q+1. The van der Waals surface area contributed by atoms with Crippen molar-refractivity contribution in [3.63, 3.8) is 0 Å². The highest BCUT2D eigenvalue weighted by molar-refractivity contribution is 4.33. The Balaban J connectivity index is 3.38. The van der Waals surface area contributed by atoms with Gasteiger partial charge in [-0.05, 0) is 6.92 Å². The first-order chi connectivity index (χ1) is 5.48. The van der Waals surface area contributed by atoms with Crippen molar-refractivity contribution in [2.45, 2.75) is 20.1 Å². The van der Waals surface area contributed by atoms with Crippen LogP contribution in [0.2, 0.25) is 0 Å². The summed E-state index contributed by atoms with van der Waals surface area (Å²) < 4.78 is 11.5. The summed E-state index contributed by atoms with van der Waals surface area (Å²) in [7, 11) is 6.35. The molecule has 0 aromatic rings. The van der Waals surface area contributed by atoms with Crippen molar-refractivity contribution in [2.75, 3.05) is 41.0 Å². The van der Waals surface area contributed by atoms with E-state index in [1.807, 2.05) is 6.92 Å². The molecule has 0 aliphatic carbocycles. The summed E-state index contributed by atoms with van der Waals surface area (Å²) in [6, 6.07) is 0. The second-order valence-corrected chi connectivity index (χ2v) is 3.78. The van der Waals surface area contributed by atoms with Crippen molar-refractivity contribution >= 4 is 0 Å². The average Bonchev–Trinajstić information content (AvgIpc) is 1.96. The van der Waals surface area contributed by atoms with Gasteiger partial charge in [-0.15, -0.1) is 0 Å². The van der Waals surface area contributed by atoms with Crippen LogP contribution >= 0.6 is 0 Å². The minimum Gasteiger partial charge on any atom is -0.379 e. The van der Waals surface area contributed by atoms with E-state index in [2.05, 4.69) is 28.1 Å². The Morgan fingerprint density at radius 1 is 1.17 bits per heavy atom. The Morgan fingerprint density at radius 2 is 1.75 bits per heavy atom. The molecule has 3 heteroatoms.